The van der Waals surface area contributed by atoms with Gasteiger partial charge in [0.2, 0.25) is 5.76 Å². The summed E-state index contributed by atoms with van der Waals surface area (Å²) in [7, 11) is 0. The average molecular weight is 376 g/mol. The minimum atomic E-state index is 0.298. The largest absolute Gasteiger partial charge is 0.451 e. The highest BCUT2D eigenvalue weighted by molar-refractivity contribution is 5.98. The fourth-order valence-corrected chi connectivity index (χ4v) is 3.82. The molecule has 0 saturated heterocycles. The first-order valence-electron chi connectivity index (χ1n) is 9.41. The molecule has 1 aromatic carbocycles. The lowest BCUT2D eigenvalue weighted by Crippen LogP contribution is -2.08. The summed E-state index contributed by atoms with van der Waals surface area (Å²) in [5.74, 6) is 2.58. The van der Waals surface area contributed by atoms with E-state index in [9.17, 15) is 0 Å². The predicted octanol–water partition coefficient (Wildman–Crippen LogP) is 4.28. The van der Waals surface area contributed by atoms with E-state index in [1.165, 1.54) is 19.0 Å². The molecule has 142 valence electrons. The lowest BCUT2D eigenvalue weighted by atomic mass is 10.2. The Morgan fingerprint density at radius 3 is 2.71 bits per heavy atom. The summed E-state index contributed by atoms with van der Waals surface area (Å²) in [5, 5.41) is 9.44. The summed E-state index contributed by atoms with van der Waals surface area (Å²) in [6.07, 6.45) is 6.05. The van der Waals surface area contributed by atoms with E-state index in [0.717, 1.165) is 18.5 Å². The van der Waals surface area contributed by atoms with Gasteiger partial charge in [0.15, 0.2) is 11.4 Å². The maximum atomic E-state index is 6.27. The number of hydrogen-bond donors (Lipinski definition) is 1. The molecule has 8 heteroatoms. The van der Waals surface area contributed by atoms with Crippen LogP contribution in [0.15, 0.2) is 41.1 Å². The van der Waals surface area contributed by atoms with Crippen LogP contribution in [0.1, 0.15) is 37.5 Å². The van der Waals surface area contributed by atoms with Crippen molar-refractivity contribution in [2.45, 2.75) is 38.6 Å². The topological polar surface area (TPSA) is 105 Å². The molecule has 5 rings (SSSR count). The van der Waals surface area contributed by atoms with Gasteiger partial charge in [-0.05, 0) is 31.9 Å². The monoisotopic (exact) mass is 376 g/mol. The van der Waals surface area contributed by atoms with E-state index in [1.807, 2.05) is 41.9 Å². The van der Waals surface area contributed by atoms with Crippen molar-refractivity contribution >= 4 is 16.9 Å². The zero-order valence-corrected chi connectivity index (χ0v) is 15.5. The van der Waals surface area contributed by atoms with Gasteiger partial charge in [0.1, 0.15) is 29.3 Å². The first kappa shape index (κ1) is 16.7. The molecule has 28 heavy (non-hydrogen) atoms. The van der Waals surface area contributed by atoms with Crippen molar-refractivity contribution in [2.24, 2.45) is 0 Å². The zero-order valence-electron chi connectivity index (χ0n) is 15.5. The summed E-state index contributed by atoms with van der Waals surface area (Å²) in [6, 6.07) is 9.77. The molecule has 4 aromatic rings. The first-order chi connectivity index (χ1) is 13.7. The van der Waals surface area contributed by atoms with Gasteiger partial charge in [0.25, 0.3) is 0 Å². The molecule has 1 aliphatic rings. The Bertz CT molecular complexity index is 1130. The second kappa shape index (κ2) is 6.63. The van der Waals surface area contributed by atoms with Crippen molar-refractivity contribution in [3.8, 4) is 23.0 Å². The molecule has 0 atom stereocenters. The van der Waals surface area contributed by atoms with Crippen LogP contribution in [-0.2, 0) is 0 Å². The van der Waals surface area contributed by atoms with Gasteiger partial charge in [-0.2, -0.15) is 5.10 Å². The van der Waals surface area contributed by atoms with Crippen LogP contribution in [0.4, 0.5) is 5.82 Å². The molecule has 8 nitrogen and oxygen atoms in total. The standard InChI is InChI=1S/C20H20N6O2/c1-12-23-19(21)16-17(25-26(20(16)24-12)13-7-5-6-8-13)18-15(11-22-28-18)27-14-9-3-2-4-10-14/h2-4,9-11,13H,5-8H2,1H3,(H2,21,23,24). The second-order valence-electron chi connectivity index (χ2n) is 7.02. The average Bonchev–Trinajstić information content (AvgIpc) is 3.41. The third-order valence-electron chi connectivity index (χ3n) is 5.09. The Balaban J connectivity index is 1.67. The number of para-hydroxylation sites is 1. The first-order valence-corrected chi connectivity index (χ1v) is 9.41. The summed E-state index contributed by atoms with van der Waals surface area (Å²) in [5.41, 5.74) is 7.56. The van der Waals surface area contributed by atoms with E-state index in [-0.39, 0.29) is 0 Å². The minimum Gasteiger partial charge on any atom is -0.451 e. The van der Waals surface area contributed by atoms with Crippen molar-refractivity contribution in [1.29, 1.82) is 0 Å². The summed E-state index contributed by atoms with van der Waals surface area (Å²) in [6.45, 7) is 1.83. The van der Waals surface area contributed by atoms with Crippen molar-refractivity contribution in [3.63, 3.8) is 0 Å². The molecule has 0 radical (unpaired) electrons. The number of fused-ring (bicyclic) bond motifs is 1. The minimum absolute atomic E-state index is 0.298. The molecule has 3 aromatic heterocycles. The van der Waals surface area contributed by atoms with Gasteiger partial charge in [-0.1, -0.05) is 36.2 Å². The van der Waals surface area contributed by atoms with Gasteiger partial charge < -0.3 is 15.0 Å². The Labute approximate surface area is 161 Å². The molecule has 1 fully saturated rings. The second-order valence-corrected chi connectivity index (χ2v) is 7.02. The molecule has 3 heterocycles. The van der Waals surface area contributed by atoms with Crippen LogP contribution in [0.3, 0.4) is 0 Å². The number of aromatic nitrogens is 5. The normalized spacial score (nSPS) is 14.8. The highest BCUT2D eigenvalue weighted by Crippen LogP contribution is 2.40. The fraction of sp³-hybridized carbons (Fsp3) is 0.300. The highest BCUT2D eigenvalue weighted by Gasteiger charge is 2.28. The lowest BCUT2D eigenvalue weighted by molar-refractivity contribution is 0.419. The van der Waals surface area contributed by atoms with E-state index in [1.54, 1.807) is 0 Å². The van der Waals surface area contributed by atoms with E-state index >= 15 is 0 Å². The molecular weight excluding hydrogens is 356 g/mol. The number of rotatable bonds is 4. The maximum absolute atomic E-state index is 6.27. The highest BCUT2D eigenvalue weighted by atomic mass is 16.5. The lowest BCUT2D eigenvalue weighted by Gasteiger charge is -2.10. The van der Waals surface area contributed by atoms with Crippen LogP contribution in [-0.4, -0.2) is 24.9 Å². The van der Waals surface area contributed by atoms with Crippen molar-refractivity contribution in [2.75, 3.05) is 5.73 Å². The van der Waals surface area contributed by atoms with Gasteiger partial charge in [-0.15, -0.1) is 0 Å². The number of nitrogen functional groups attached to an aromatic ring is 1. The van der Waals surface area contributed by atoms with Crippen molar-refractivity contribution in [3.05, 3.63) is 42.4 Å². The number of nitrogens with two attached hydrogens (primary N) is 1. The number of aryl methyl sites for hydroxylation is 1. The molecule has 2 N–H and O–H groups in total. The van der Waals surface area contributed by atoms with Gasteiger partial charge in [0, 0.05) is 0 Å². The zero-order chi connectivity index (χ0) is 19.1. The van der Waals surface area contributed by atoms with Crippen molar-refractivity contribution < 1.29 is 9.26 Å². The molecule has 0 spiro atoms. The number of hydrogen-bond acceptors (Lipinski definition) is 7. The van der Waals surface area contributed by atoms with Gasteiger partial charge >= 0.3 is 0 Å². The quantitative estimate of drug-likeness (QED) is 0.567. The van der Waals surface area contributed by atoms with Crippen LogP contribution >= 0.6 is 0 Å². The van der Waals surface area contributed by atoms with E-state index in [0.29, 0.717) is 46.0 Å². The molecule has 0 amide bonds. The number of anilines is 1. The smallest absolute Gasteiger partial charge is 0.230 e. The third-order valence-corrected chi connectivity index (χ3v) is 5.09. The van der Waals surface area contributed by atoms with Gasteiger partial charge in [-0.3, -0.25) is 0 Å². The van der Waals surface area contributed by atoms with Crippen molar-refractivity contribution in [1.82, 2.24) is 24.9 Å². The van der Waals surface area contributed by atoms with E-state index in [2.05, 4.69) is 15.1 Å². The Hall–Kier alpha value is -3.42. The van der Waals surface area contributed by atoms with Gasteiger partial charge in [0.05, 0.1) is 11.4 Å². The fourth-order valence-electron chi connectivity index (χ4n) is 3.82. The number of ether oxygens (including phenoxy) is 1. The third kappa shape index (κ3) is 2.77. The molecule has 0 aliphatic heterocycles. The van der Waals surface area contributed by atoms with Crippen LogP contribution < -0.4 is 10.5 Å². The maximum Gasteiger partial charge on any atom is 0.230 e. The Morgan fingerprint density at radius 2 is 1.93 bits per heavy atom. The molecule has 0 bridgehead atoms. The predicted molar refractivity (Wildman–Crippen MR) is 104 cm³/mol. The van der Waals surface area contributed by atoms with E-state index in [4.69, 9.17) is 20.1 Å². The van der Waals surface area contributed by atoms with E-state index < -0.39 is 0 Å². The molecular formula is C20H20N6O2. The van der Waals surface area contributed by atoms with Gasteiger partial charge in [-0.25, -0.2) is 14.6 Å². The SMILES string of the molecule is Cc1nc(N)c2c(-c3oncc3Oc3ccccc3)nn(C3CCCC3)c2n1. The molecule has 1 aliphatic carbocycles. The van der Waals surface area contributed by atoms with Crippen LogP contribution in [0.25, 0.3) is 22.5 Å². The molecule has 1 saturated carbocycles. The number of nitrogens with zero attached hydrogens (tertiary/aromatic N) is 5. The summed E-state index contributed by atoms with van der Waals surface area (Å²) < 4.78 is 13.5. The Morgan fingerprint density at radius 1 is 1.14 bits per heavy atom. The van der Waals surface area contributed by atoms with Crippen LogP contribution in [0.2, 0.25) is 0 Å². The van der Waals surface area contributed by atoms with Crippen LogP contribution in [0.5, 0.6) is 11.5 Å². The number of benzene rings is 1. The molecule has 0 unspecified atom stereocenters. The summed E-state index contributed by atoms with van der Waals surface area (Å²) >= 11 is 0. The summed E-state index contributed by atoms with van der Waals surface area (Å²) in [4.78, 5) is 8.97. The Kier molecular flexibility index (Phi) is 3.96. The van der Waals surface area contributed by atoms with Crippen LogP contribution in [0, 0.1) is 6.92 Å².